The average molecular weight is 702 g/mol. The van der Waals surface area contributed by atoms with Crippen molar-refractivity contribution in [3.8, 4) is 5.75 Å². The van der Waals surface area contributed by atoms with E-state index in [2.05, 4.69) is 20.8 Å². The van der Waals surface area contributed by atoms with Crippen LogP contribution >= 0.6 is 0 Å². The van der Waals surface area contributed by atoms with Gasteiger partial charge in [0.05, 0.1) is 38.5 Å². The van der Waals surface area contributed by atoms with Gasteiger partial charge < -0.3 is 29.3 Å². The molecule has 52 heavy (non-hydrogen) atoms. The lowest BCUT2D eigenvalue weighted by Gasteiger charge is -2.39. The van der Waals surface area contributed by atoms with Crippen molar-refractivity contribution in [2.45, 2.75) is 63.8 Å². The van der Waals surface area contributed by atoms with Gasteiger partial charge in [-0.05, 0) is 52.4 Å². The zero-order chi connectivity index (χ0) is 36.6. The van der Waals surface area contributed by atoms with Crippen molar-refractivity contribution in [2.75, 3.05) is 36.6 Å². The average Bonchev–Trinajstić information content (AvgIpc) is 3.57. The third kappa shape index (κ3) is 6.16. The number of carbonyl (C=O) groups excluding carboxylic acids is 3. The number of hydrogen-bond donors (Lipinski definition) is 1. The minimum Gasteiger partial charge on any atom is -0.497 e. The Kier molecular flexibility index (Phi) is 9.67. The lowest BCUT2D eigenvalue weighted by atomic mass is 9.63. The number of β-lactam (4-membered cyclic amide) rings is 1. The summed E-state index contributed by atoms with van der Waals surface area (Å²) in [6, 6.07) is 33.4. The SMILES string of the molecule is COc1ccc(C(C)(C)[C@H]2[C@H](CC(=O)N(CCO)Cc3ccccc3)O[C@@]3(C(=O)N(Cc4ccccc4)c4ccc(N5CCC5=O)cc43)[C@@H]2C)cc1. The number of ether oxygens (including phenoxy) is 2. The van der Waals surface area contributed by atoms with Crippen LogP contribution < -0.4 is 14.5 Å². The van der Waals surface area contributed by atoms with Gasteiger partial charge in [0.1, 0.15) is 5.75 Å². The molecule has 9 heteroatoms. The molecular weight excluding hydrogens is 654 g/mol. The Labute approximate surface area is 305 Å². The van der Waals surface area contributed by atoms with Gasteiger partial charge in [0.25, 0.3) is 5.91 Å². The Morgan fingerprint density at radius 3 is 2.23 bits per heavy atom. The number of amides is 3. The van der Waals surface area contributed by atoms with Gasteiger partial charge in [0, 0.05) is 49.1 Å². The number of hydrogen-bond acceptors (Lipinski definition) is 6. The minimum absolute atomic E-state index is 0.0226. The quantitative estimate of drug-likeness (QED) is 0.176. The van der Waals surface area contributed by atoms with Crippen molar-refractivity contribution in [1.29, 1.82) is 0 Å². The number of benzene rings is 4. The van der Waals surface area contributed by atoms with E-state index in [1.54, 1.807) is 21.8 Å². The molecule has 9 nitrogen and oxygen atoms in total. The Bertz CT molecular complexity index is 1930. The number of anilines is 2. The Balaban J connectivity index is 1.33. The van der Waals surface area contributed by atoms with Crippen molar-refractivity contribution in [2.24, 2.45) is 11.8 Å². The number of aliphatic hydroxyl groups is 1. The molecule has 0 aliphatic carbocycles. The van der Waals surface area contributed by atoms with Crippen LogP contribution in [0.15, 0.2) is 103 Å². The van der Waals surface area contributed by atoms with Crippen LogP contribution in [-0.2, 0) is 43.2 Å². The number of carbonyl (C=O) groups is 3. The fourth-order valence-electron chi connectivity index (χ4n) is 8.70. The van der Waals surface area contributed by atoms with Crippen molar-refractivity contribution in [3.05, 3.63) is 125 Å². The molecule has 1 N–H and O–H groups in total. The zero-order valence-corrected chi connectivity index (χ0v) is 30.3. The van der Waals surface area contributed by atoms with Crippen LogP contribution in [0.2, 0.25) is 0 Å². The molecule has 0 aromatic heterocycles. The summed E-state index contributed by atoms with van der Waals surface area (Å²) in [4.78, 5) is 47.4. The maximum atomic E-state index is 15.2. The summed E-state index contributed by atoms with van der Waals surface area (Å²) in [7, 11) is 1.64. The second kappa shape index (κ2) is 14.2. The lowest BCUT2D eigenvalue weighted by Crippen LogP contribution is -2.46. The third-order valence-corrected chi connectivity index (χ3v) is 11.5. The van der Waals surface area contributed by atoms with E-state index in [1.807, 2.05) is 103 Å². The van der Waals surface area contributed by atoms with Gasteiger partial charge in [-0.25, -0.2) is 0 Å². The zero-order valence-electron chi connectivity index (χ0n) is 30.3. The second-order valence-electron chi connectivity index (χ2n) is 14.8. The fraction of sp³-hybridized carbons (Fsp3) is 0.372. The highest BCUT2D eigenvalue weighted by Gasteiger charge is 2.66. The smallest absolute Gasteiger partial charge is 0.264 e. The summed E-state index contributed by atoms with van der Waals surface area (Å²) in [6.45, 7) is 7.70. The van der Waals surface area contributed by atoms with Gasteiger partial charge in [-0.2, -0.15) is 0 Å². The Hall–Kier alpha value is -4.99. The maximum absolute atomic E-state index is 15.2. The fourth-order valence-corrected chi connectivity index (χ4v) is 8.70. The van der Waals surface area contributed by atoms with E-state index in [0.29, 0.717) is 26.1 Å². The summed E-state index contributed by atoms with van der Waals surface area (Å²) in [6.07, 6.45) is -0.141. The second-order valence-corrected chi connectivity index (χ2v) is 14.8. The first-order valence-corrected chi connectivity index (χ1v) is 18.1. The normalized spacial score (nSPS) is 22.4. The molecular formula is C43H47N3O6. The molecule has 0 unspecified atom stereocenters. The summed E-state index contributed by atoms with van der Waals surface area (Å²) in [5, 5.41) is 10.0. The van der Waals surface area contributed by atoms with Crippen LogP contribution in [0.4, 0.5) is 11.4 Å². The Morgan fingerprint density at radius 2 is 1.63 bits per heavy atom. The molecule has 2 fully saturated rings. The number of methoxy groups -OCH3 is 1. The van der Waals surface area contributed by atoms with Gasteiger partial charge in [-0.3, -0.25) is 14.4 Å². The highest BCUT2D eigenvalue weighted by atomic mass is 16.5. The van der Waals surface area contributed by atoms with Crippen molar-refractivity contribution < 1.29 is 29.0 Å². The molecule has 3 aliphatic rings. The number of rotatable bonds is 12. The molecule has 3 heterocycles. The summed E-state index contributed by atoms with van der Waals surface area (Å²) >= 11 is 0. The molecule has 0 bridgehead atoms. The molecule has 4 aromatic carbocycles. The van der Waals surface area contributed by atoms with E-state index in [4.69, 9.17) is 9.47 Å². The first-order valence-electron chi connectivity index (χ1n) is 18.1. The van der Waals surface area contributed by atoms with Crippen LogP contribution in [0.3, 0.4) is 0 Å². The van der Waals surface area contributed by atoms with Crippen LogP contribution in [0, 0.1) is 11.8 Å². The molecule has 270 valence electrons. The first-order chi connectivity index (χ1) is 25.1. The predicted molar refractivity (Wildman–Crippen MR) is 200 cm³/mol. The van der Waals surface area contributed by atoms with Crippen LogP contribution in [-0.4, -0.2) is 60.6 Å². The van der Waals surface area contributed by atoms with Crippen molar-refractivity contribution in [3.63, 3.8) is 0 Å². The topological polar surface area (TPSA) is 99.6 Å². The van der Waals surface area contributed by atoms with E-state index in [1.165, 1.54) is 0 Å². The molecule has 7 rings (SSSR count). The standard InChI is InChI=1S/C43H47N3O6/c1-29-40(42(2,3)32-15-18-34(51-4)19-16-32)37(26-39(49)44(23-24-47)27-30-11-7-5-8-12-30)52-43(29)35-25-33(45-22-21-38(45)48)17-20-36(35)46(41(43)50)28-31-13-9-6-10-14-31/h5-20,25,29,37,40,47H,21-24,26-28H2,1-4H3/t29-,37+,40-,43+/m1/s1. The largest absolute Gasteiger partial charge is 0.497 e. The van der Waals surface area contributed by atoms with E-state index in [-0.39, 0.29) is 49.1 Å². The van der Waals surface area contributed by atoms with Crippen molar-refractivity contribution in [1.82, 2.24) is 4.90 Å². The molecule has 0 radical (unpaired) electrons. The summed E-state index contributed by atoms with van der Waals surface area (Å²) in [5.74, 6) is -0.215. The summed E-state index contributed by atoms with van der Waals surface area (Å²) in [5.41, 5.74) is 3.22. The van der Waals surface area contributed by atoms with Crippen LogP contribution in [0.1, 0.15) is 55.9 Å². The van der Waals surface area contributed by atoms with Gasteiger partial charge in [0.2, 0.25) is 11.8 Å². The van der Waals surface area contributed by atoms with Crippen molar-refractivity contribution >= 4 is 29.1 Å². The monoisotopic (exact) mass is 701 g/mol. The van der Waals surface area contributed by atoms with E-state index in [9.17, 15) is 14.7 Å². The number of fused-ring (bicyclic) bond motifs is 2. The molecule has 4 atom stereocenters. The van der Waals surface area contributed by atoms with Gasteiger partial charge in [-0.15, -0.1) is 0 Å². The van der Waals surface area contributed by atoms with Crippen LogP contribution in [0.5, 0.6) is 5.75 Å². The predicted octanol–water partition coefficient (Wildman–Crippen LogP) is 6.21. The van der Waals surface area contributed by atoms with Crippen LogP contribution in [0.25, 0.3) is 0 Å². The third-order valence-electron chi connectivity index (χ3n) is 11.5. The molecule has 3 aliphatic heterocycles. The minimum atomic E-state index is -1.41. The van der Waals surface area contributed by atoms with Gasteiger partial charge in [0.15, 0.2) is 5.60 Å². The van der Waals surface area contributed by atoms with Gasteiger partial charge in [-0.1, -0.05) is 93.6 Å². The van der Waals surface area contributed by atoms with E-state index in [0.717, 1.165) is 39.4 Å². The summed E-state index contributed by atoms with van der Waals surface area (Å²) < 4.78 is 12.7. The van der Waals surface area contributed by atoms with Gasteiger partial charge >= 0.3 is 0 Å². The molecule has 2 saturated heterocycles. The maximum Gasteiger partial charge on any atom is 0.264 e. The molecule has 3 amide bonds. The number of nitrogens with zero attached hydrogens (tertiary/aromatic N) is 3. The number of aliphatic hydroxyl groups excluding tert-OH is 1. The molecule has 1 spiro atoms. The molecule has 4 aromatic rings. The highest BCUT2D eigenvalue weighted by molar-refractivity contribution is 6.09. The highest BCUT2D eigenvalue weighted by Crippen LogP contribution is 2.60. The lowest BCUT2D eigenvalue weighted by molar-refractivity contribution is -0.150. The van der Waals surface area contributed by atoms with E-state index < -0.39 is 17.1 Å². The molecule has 0 saturated carbocycles. The Morgan fingerprint density at radius 1 is 0.962 bits per heavy atom. The first kappa shape index (κ1) is 35.4. The van der Waals surface area contributed by atoms with E-state index >= 15 is 4.79 Å².